The van der Waals surface area contributed by atoms with E-state index in [9.17, 15) is 8.42 Å². The first-order chi connectivity index (χ1) is 8.84. The summed E-state index contributed by atoms with van der Waals surface area (Å²) in [6.07, 6.45) is 0.148. The third-order valence-electron chi connectivity index (χ3n) is 2.74. The Bertz CT molecular complexity index is 608. The average Bonchev–Trinajstić information content (AvgIpc) is 2.34. The van der Waals surface area contributed by atoms with Gasteiger partial charge in [0.2, 0.25) is 10.0 Å². The molecule has 0 radical (unpaired) electrons. The van der Waals surface area contributed by atoms with Gasteiger partial charge in [0.15, 0.2) is 0 Å². The smallest absolute Gasteiger partial charge is 0.243 e. The van der Waals surface area contributed by atoms with Crippen molar-refractivity contribution in [2.45, 2.75) is 25.2 Å². The van der Waals surface area contributed by atoms with Gasteiger partial charge in [0.05, 0.1) is 21.7 Å². The first-order valence-corrected chi connectivity index (χ1v) is 7.59. The Labute approximate surface area is 118 Å². The third kappa shape index (κ3) is 3.38. The van der Waals surface area contributed by atoms with Gasteiger partial charge in [-0.05, 0) is 24.6 Å². The Morgan fingerprint density at radius 3 is 2.63 bits per heavy atom. The van der Waals surface area contributed by atoms with Gasteiger partial charge in [0, 0.05) is 19.5 Å². The topological polar surface area (TPSA) is 87.2 Å². The molecule has 0 atom stereocenters. The first kappa shape index (κ1) is 15.8. The van der Waals surface area contributed by atoms with Crippen LogP contribution in [0.15, 0.2) is 17.0 Å². The van der Waals surface area contributed by atoms with Gasteiger partial charge >= 0.3 is 0 Å². The number of nitrogen functional groups attached to an aromatic ring is 1. The summed E-state index contributed by atoms with van der Waals surface area (Å²) in [4.78, 5) is 0.134. The van der Waals surface area contributed by atoms with E-state index in [2.05, 4.69) is 0 Å². The summed E-state index contributed by atoms with van der Waals surface area (Å²) in [6, 6.07) is 4.83. The molecular weight excluding hydrogens is 286 g/mol. The molecule has 0 aliphatic heterocycles. The van der Waals surface area contributed by atoms with E-state index in [0.29, 0.717) is 17.1 Å². The van der Waals surface area contributed by atoms with Gasteiger partial charge in [0.25, 0.3) is 0 Å². The highest BCUT2D eigenvalue weighted by atomic mass is 35.5. The fraction of sp³-hybridized carbons (Fsp3) is 0.417. The number of rotatable bonds is 5. The number of anilines is 1. The SMILES string of the molecule is CCN(CCC#N)S(=O)(=O)c1cc(N)c(Cl)cc1C. The van der Waals surface area contributed by atoms with Crippen LogP contribution in [0.3, 0.4) is 0 Å². The highest BCUT2D eigenvalue weighted by molar-refractivity contribution is 7.89. The second-order valence-electron chi connectivity index (χ2n) is 4.04. The largest absolute Gasteiger partial charge is 0.397 e. The normalized spacial score (nSPS) is 11.5. The predicted molar refractivity (Wildman–Crippen MR) is 75.3 cm³/mol. The molecule has 0 amide bonds. The number of nitriles is 1. The molecule has 1 rings (SSSR count). The fourth-order valence-electron chi connectivity index (χ4n) is 1.71. The van der Waals surface area contributed by atoms with E-state index >= 15 is 0 Å². The summed E-state index contributed by atoms with van der Waals surface area (Å²) >= 11 is 5.86. The van der Waals surface area contributed by atoms with Crippen molar-refractivity contribution in [3.8, 4) is 6.07 Å². The Hall–Kier alpha value is -1.29. The van der Waals surface area contributed by atoms with E-state index in [1.165, 1.54) is 16.4 Å². The lowest BCUT2D eigenvalue weighted by atomic mass is 10.2. The van der Waals surface area contributed by atoms with Crippen LogP contribution in [0.25, 0.3) is 0 Å². The van der Waals surface area contributed by atoms with Crippen molar-refractivity contribution in [3.05, 3.63) is 22.7 Å². The molecule has 0 fully saturated rings. The van der Waals surface area contributed by atoms with Crippen molar-refractivity contribution in [3.63, 3.8) is 0 Å². The predicted octanol–water partition coefficient (Wildman–Crippen LogP) is 2.15. The molecule has 0 unspecified atom stereocenters. The zero-order valence-corrected chi connectivity index (χ0v) is 12.4. The maximum Gasteiger partial charge on any atom is 0.243 e. The first-order valence-electron chi connectivity index (χ1n) is 5.77. The van der Waals surface area contributed by atoms with Gasteiger partial charge in [-0.2, -0.15) is 9.57 Å². The molecule has 0 aliphatic rings. The monoisotopic (exact) mass is 301 g/mol. The highest BCUT2D eigenvalue weighted by Crippen LogP contribution is 2.28. The summed E-state index contributed by atoms with van der Waals surface area (Å²) in [7, 11) is -3.65. The van der Waals surface area contributed by atoms with Crippen LogP contribution in [0.1, 0.15) is 18.9 Å². The van der Waals surface area contributed by atoms with Gasteiger partial charge in [0.1, 0.15) is 0 Å². The molecule has 0 heterocycles. The Morgan fingerprint density at radius 2 is 2.11 bits per heavy atom. The van der Waals surface area contributed by atoms with Crippen LogP contribution in [0.2, 0.25) is 5.02 Å². The molecule has 1 aromatic carbocycles. The minimum atomic E-state index is -3.65. The standard InChI is InChI=1S/C12H16ClN3O2S/c1-3-16(6-4-5-14)19(17,18)12-8-11(15)10(13)7-9(12)2/h7-8H,3-4,6,15H2,1-2H3. The van der Waals surface area contributed by atoms with Crippen LogP contribution in [0.4, 0.5) is 5.69 Å². The molecule has 0 aliphatic carbocycles. The lowest BCUT2D eigenvalue weighted by Crippen LogP contribution is -2.32. The Kier molecular flexibility index (Phi) is 5.18. The molecule has 7 heteroatoms. The molecule has 0 saturated carbocycles. The van der Waals surface area contributed by atoms with Crippen molar-refractivity contribution >= 4 is 27.3 Å². The van der Waals surface area contributed by atoms with Gasteiger partial charge in [-0.3, -0.25) is 0 Å². The minimum absolute atomic E-state index is 0.134. The number of nitrogens with zero attached hydrogens (tertiary/aromatic N) is 2. The van der Waals surface area contributed by atoms with Crippen molar-refractivity contribution in [2.24, 2.45) is 0 Å². The number of nitrogens with two attached hydrogens (primary N) is 1. The molecular formula is C12H16ClN3O2S. The summed E-state index contributed by atoms with van der Waals surface area (Å²) in [6.45, 7) is 3.85. The van der Waals surface area contributed by atoms with Crippen LogP contribution in [0, 0.1) is 18.3 Å². The van der Waals surface area contributed by atoms with E-state index in [4.69, 9.17) is 22.6 Å². The number of halogens is 1. The van der Waals surface area contributed by atoms with Gasteiger partial charge < -0.3 is 5.73 Å². The van der Waals surface area contributed by atoms with Crippen molar-refractivity contribution in [1.82, 2.24) is 4.31 Å². The zero-order chi connectivity index (χ0) is 14.6. The second kappa shape index (κ2) is 6.24. The number of aryl methyl sites for hydroxylation is 1. The van der Waals surface area contributed by atoms with Crippen molar-refractivity contribution in [1.29, 1.82) is 5.26 Å². The summed E-state index contributed by atoms with van der Waals surface area (Å²) < 4.78 is 26.2. The van der Waals surface area contributed by atoms with Gasteiger partial charge in [-0.1, -0.05) is 18.5 Å². The third-order valence-corrected chi connectivity index (χ3v) is 5.18. The van der Waals surface area contributed by atoms with E-state index in [1.54, 1.807) is 13.8 Å². The molecule has 5 nitrogen and oxygen atoms in total. The number of sulfonamides is 1. The average molecular weight is 302 g/mol. The molecule has 19 heavy (non-hydrogen) atoms. The van der Waals surface area contributed by atoms with E-state index in [0.717, 1.165) is 0 Å². The maximum absolute atomic E-state index is 12.5. The quantitative estimate of drug-likeness (QED) is 0.844. The molecule has 2 N–H and O–H groups in total. The molecule has 0 spiro atoms. The lowest BCUT2D eigenvalue weighted by Gasteiger charge is -2.20. The Morgan fingerprint density at radius 1 is 1.47 bits per heavy atom. The zero-order valence-electron chi connectivity index (χ0n) is 10.9. The Balaban J connectivity index is 3.26. The van der Waals surface area contributed by atoms with E-state index in [-0.39, 0.29) is 23.5 Å². The summed E-state index contributed by atoms with van der Waals surface area (Å²) in [5, 5.41) is 8.90. The number of hydrogen-bond donors (Lipinski definition) is 1. The van der Waals surface area contributed by atoms with Crippen LogP contribution < -0.4 is 5.73 Å². The molecule has 1 aromatic rings. The maximum atomic E-state index is 12.5. The summed E-state index contributed by atoms with van der Waals surface area (Å²) in [5.41, 5.74) is 6.42. The minimum Gasteiger partial charge on any atom is -0.397 e. The molecule has 0 bridgehead atoms. The molecule has 104 valence electrons. The van der Waals surface area contributed by atoms with Crippen molar-refractivity contribution < 1.29 is 8.42 Å². The van der Waals surface area contributed by atoms with Crippen LogP contribution in [-0.4, -0.2) is 25.8 Å². The van der Waals surface area contributed by atoms with Crippen LogP contribution in [-0.2, 0) is 10.0 Å². The highest BCUT2D eigenvalue weighted by Gasteiger charge is 2.25. The molecule has 0 saturated heterocycles. The van der Waals surface area contributed by atoms with E-state index in [1.807, 2.05) is 6.07 Å². The fourth-order valence-corrected chi connectivity index (χ4v) is 3.62. The number of benzene rings is 1. The number of hydrogen-bond acceptors (Lipinski definition) is 4. The van der Waals surface area contributed by atoms with Gasteiger partial charge in [-0.15, -0.1) is 0 Å². The summed E-state index contributed by atoms with van der Waals surface area (Å²) in [5.74, 6) is 0. The lowest BCUT2D eigenvalue weighted by molar-refractivity contribution is 0.434. The van der Waals surface area contributed by atoms with E-state index < -0.39 is 10.0 Å². The van der Waals surface area contributed by atoms with Crippen LogP contribution in [0.5, 0.6) is 0 Å². The molecule has 0 aromatic heterocycles. The second-order valence-corrected chi connectivity index (χ2v) is 6.36. The van der Waals surface area contributed by atoms with Crippen molar-refractivity contribution in [2.75, 3.05) is 18.8 Å². The van der Waals surface area contributed by atoms with Crippen LogP contribution >= 0.6 is 11.6 Å². The van der Waals surface area contributed by atoms with Gasteiger partial charge in [-0.25, -0.2) is 8.42 Å².